The molecule has 0 amide bonds. The Kier molecular flexibility index (Phi) is 5.50. The Balaban J connectivity index is 2.83. The molecule has 0 heterocycles. The van der Waals surface area contributed by atoms with Crippen LogP contribution in [0.3, 0.4) is 0 Å². The van der Waals surface area contributed by atoms with Crippen LogP contribution in [-0.2, 0) is 14.5 Å². The molecule has 0 aliphatic rings. The highest BCUT2D eigenvalue weighted by Gasteiger charge is 2.20. The van der Waals surface area contributed by atoms with E-state index >= 15 is 0 Å². The fraction of sp³-hybridized carbons (Fsp3) is 0.600. The van der Waals surface area contributed by atoms with Gasteiger partial charge in [0.2, 0.25) is 9.05 Å². The number of rotatable bonds is 5. The highest BCUT2D eigenvalue weighted by atomic mass is 35.7. The van der Waals surface area contributed by atoms with Crippen LogP contribution in [0.2, 0.25) is 0 Å². The summed E-state index contributed by atoms with van der Waals surface area (Å²) >= 11 is 0. The van der Waals surface area contributed by atoms with Gasteiger partial charge in [0.1, 0.15) is 5.75 Å². The van der Waals surface area contributed by atoms with Crippen molar-refractivity contribution >= 4 is 19.7 Å². The van der Waals surface area contributed by atoms with Crippen LogP contribution < -0.4 is 4.74 Å². The Hall–Kier alpha value is -0.740. The quantitative estimate of drug-likeness (QED) is 0.774. The van der Waals surface area contributed by atoms with E-state index in [0.29, 0.717) is 6.61 Å². The van der Waals surface area contributed by atoms with E-state index in [0.717, 1.165) is 11.3 Å². The smallest absolute Gasteiger partial charge is 0.232 e. The highest BCUT2D eigenvalue weighted by Crippen LogP contribution is 2.32. The van der Waals surface area contributed by atoms with Crippen LogP contribution in [0.25, 0.3) is 0 Å². The summed E-state index contributed by atoms with van der Waals surface area (Å²) in [7, 11) is 1.77. The molecular formula is C15H23ClO3S. The van der Waals surface area contributed by atoms with Crippen molar-refractivity contribution in [2.45, 2.75) is 40.0 Å². The lowest BCUT2D eigenvalue weighted by Crippen LogP contribution is -2.19. The minimum absolute atomic E-state index is 0.0247. The van der Waals surface area contributed by atoms with Crippen LogP contribution in [0.4, 0.5) is 0 Å². The summed E-state index contributed by atoms with van der Waals surface area (Å²) in [4.78, 5) is 0. The molecule has 1 aromatic rings. The van der Waals surface area contributed by atoms with Crippen molar-refractivity contribution in [2.24, 2.45) is 5.92 Å². The zero-order valence-electron chi connectivity index (χ0n) is 12.7. The van der Waals surface area contributed by atoms with E-state index in [2.05, 4.69) is 26.8 Å². The van der Waals surface area contributed by atoms with Crippen molar-refractivity contribution in [1.29, 1.82) is 0 Å². The standard InChI is InChI=1S/C15H23ClO3S/c1-11-6-7-14(13(8-11)15(3,4)5)19-9-12(2)10-20(16,17)18/h6-8,12H,9-10H2,1-5H3. The zero-order valence-corrected chi connectivity index (χ0v) is 14.3. The normalized spacial score (nSPS) is 14.1. The number of hydrogen-bond acceptors (Lipinski definition) is 3. The van der Waals surface area contributed by atoms with Crippen molar-refractivity contribution in [3.8, 4) is 5.75 Å². The van der Waals surface area contributed by atoms with Gasteiger partial charge >= 0.3 is 0 Å². The molecular weight excluding hydrogens is 296 g/mol. The highest BCUT2D eigenvalue weighted by molar-refractivity contribution is 8.13. The van der Waals surface area contributed by atoms with Gasteiger partial charge in [-0.25, -0.2) is 8.42 Å². The lowest BCUT2D eigenvalue weighted by Gasteiger charge is -2.24. The second kappa shape index (κ2) is 6.35. The third kappa shape index (κ3) is 5.71. The lowest BCUT2D eigenvalue weighted by molar-refractivity contribution is 0.266. The second-order valence-corrected chi connectivity index (χ2v) is 9.19. The number of halogens is 1. The van der Waals surface area contributed by atoms with Gasteiger partial charge in [0.25, 0.3) is 0 Å². The monoisotopic (exact) mass is 318 g/mol. The molecule has 0 spiro atoms. The first kappa shape index (κ1) is 17.3. The van der Waals surface area contributed by atoms with Gasteiger partial charge in [0, 0.05) is 16.6 Å². The molecule has 0 aliphatic carbocycles. The molecule has 0 aliphatic heterocycles. The molecule has 5 heteroatoms. The lowest BCUT2D eigenvalue weighted by atomic mass is 9.85. The van der Waals surface area contributed by atoms with E-state index in [9.17, 15) is 8.42 Å². The average Bonchev–Trinajstić information content (AvgIpc) is 2.23. The van der Waals surface area contributed by atoms with Crippen LogP contribution in [0.15, 0.2) is 18.2 Å². The van der Waals surface area contributed by atoms with Crippen LogP contribution in [0.5, 0.6) is 5.75 Å². The molecule has 0 saturated carbocycles. The predicted molar refractivity (Wildman–Crippen MR) is 84.2 cm³/mol. The maximum atomic E-state index is 11.0. The molecule has 20 heavy (non-hydrogen) atoms. The molecule has 1 aromatic carbocycles. The fourth-order valence-corrected chi connectivity index (χ4v) is 3.40. The Bertz CT molecular complexity index is 559. The maximum absolute atomic E-state index is 11.0. The van der Waals surface area contributed by atoms with E-state index in [1.807, 2.05) is 26.0 Å². The fourth-order valence-electron chi connectivity index (χ4n) is 1.98. The van der Waals surface area contributed by atoms with Gasteiger partial charge < -0.3 is 4.74 Å². The predicted octanol–water partition coefficient (Wildman–Crippen LogP) is 3.88. The van der Waals surface area contributed by atoms with Crippen molar-refractivity contribution in [3.63, 3.8) is 0 Å². The molecule has 0 radical (unpaired) electrons. The van der Waals surface area contributed by atoms with Crippen LogP contribution in [0.1, 0.15) is 38.8 Å². The number of benzene rings is 1. The summed E-state index contributed by atoms with van der Waals surface area (Å²) in [6, 6.07) is 6.05. The average molecular weight is 319 g/mol. The summed E-state index contributed by atoms with van der Waals surface area (Å²) in [6.07, 6.45) is 0. The molecule has 0 N–H and O–H groups in total. The largest absolute Gasteiger partial charge is 0.493 e. The first-order valence-electron chi connectivity index (χ1n) is 6.65. The van der Waals surface area contributed by atoms with Crippen LogP contribution in [0, 0.1) is 12.8 Å². The van der Waals surface area contributed by atoms with Gasteiger partial charge in [0.15, 0.2) is 0 Å². The molecule has 1 atom stereocenters. The summed E-state index contributed by atoms with van der Waals surface area (Å²) in [5.41, 5.74) is 2.28. The molecule has 0 fully saturated rings. The van der Waals surface area contributed by atoms with Gasteiger partial charge in [-0.05, 0) is 24.0 Å². The van der Waals surface area contributed by atoms with Gasteiger partial charge in [-0.3, -0.25) is 0 Å². The molecule has 1 rings (SSSR count). The van der Waals surface area contributed by atoms with Crippen LogP contribution >= 0.6 is 10.7 Å². The third-order valence-corrected chi connectivity index (χ3v) is 4.30. The summed E-state index contributed by atoms with van der Waals surface area (Å²) in [6.45, 7) is 10.6. The number of ether oxygens (including phenoxy) is 1. The molecule has 114 valence electrons. The molecule has 0 saturated heterocycles. The topological polar surface area (TPSA) is 43.4 Å². The number of hydrogen-bond donors (Lipinski definition) is 0. The van der Waals surface area contributed by atoms with Crippen molar-refractivity contribution in [2.75, 3.05) is 12.4 Å². The van der Waals surface area contributed by atoms with Gasteiger partial charge in [-0.1, -0.05) is 45.4 Å². The van der Waals surface area contributed by atoms with E-state index in [1.165, 1.54) is 5.56 Å². The molecule has 0 aromatic heterocycles. The Morgan fingerprint density at radius 3 is 2.40 bits per heavy atom. The first-order chi connectivity index (χ1) is 8.99. The summed E-state index contributed by atoms with van der Waals surface area (Å²) in [5.74, 6) is 0.583. The van der Waals surface area contributed by atoms with Gasteiger partial charge in [-0.15, -0.1) is 0 Å². The summed E-state index contributed by atoms with van der Waals surface area (Å²) < 4.78 is 27.9. The zero-order chi connectivity index (χ0) is 15.6. The van der Waals surface area contributed by atoms with Crippen molar-refractivity contribution < 1.29 is 13.2 Å². The maximum Gasteiger partial charge on any atom is 0.232 e. The third-order valence-electron chi connectivity index (χ3n) is 2.95. The second-order valence-electron chi connectivity index (χ2n) is 6.37. The van der Waals surface area contributed by atoms with Gasteiger partial charge in [0.05, 0.1) is 12.4 Å². The minimum atomic E-state index is -3.48. The van der Waals surface area contributed by atoms with Crippen LogP contribution in [-0.4, -0.2) is 20.8 Å². The Morgan fingerprint density at radius 1 is 1.30 bits per heavy atom. The molecule has 1 unspecified atom stereocenters. The Labute approximate surface area is 126 Å². The van der Waals surface area contributed by atoms with Gasteiger partial charge in [-0.2, -0.15) is 0 Å². The van der Waals surface area contributed by atoms with E-state index in [4.69, 9.17) is 15.4 Å². The van der Waals surface area contributed by atoms with E-state index in [1.54, 1.807) is 0 Å². The van der Waals surface area contributed by atoms with E-state index < -0.39 is 9.05 Å². The number of aryl methyl sites for hydroxylation is 1. The van der Waals surface area contributed by atoms with Crippen molar-refractivity contribution in [1.82, 2.24) is 0 Å². The SMILES string of the molecule is Cc1ccc(OCC(C)CS(=O)(=O)Cl)c(C(C)(C)C)c1. The van der Waals surface area contributed by atoms with Crippen molar-refractivity contribution in [3.05, 3.63) is 29.3 Å². The first-order valence-corrected chi connectivity index (χ1v) is 9.13. The Morgan fingerprint density at radius 2 is 1.90 bits per heavy atom. The molecule has 0 bridgehead atoms. The van der Waals surface area contributed by atoms with E-state index in [-0.39, 0.29) is 17.1 Å². The molecule has 3 nitrogen and oxygen atoms in total. The summed E-state index contributed by atoms with van der Waals surface area (Å²) in [5, 5.41) is 0. The minimum Gasteiger partial charge on any atom is -0.493 e.